The van der Waals surface area contributed by atoms with Crippen LogP contribution in [0.1, 0.15) is 23.4 Å². The number of furan rings is 1. The van der Waals surface area contributed by atoms with E-state index in [2.05, 4.69) is 20.9 Å². The van der Waals surface area contributed by atoms with E-state index >= 15 is 0 Å². The van der Waals surface area contributed by atoms with E-state index in [0.29, 0.717) is 30.7 Å². The molecule has 1 saturated heterocycles. The molecule has 3 N–H and O–H groups in total. The van der Waals surface area contributed by atoms with Crippen molar-refractivity contribution in [3.05, 3.63) is 24.2 Å². The van der Waals surface area contributed by atoms with Crippen molar-refractivity contribution in [2.75, 3.05) is 53.1 Å². The Kier molecular flexibility index (Phi) is 8.85. The Hall–Kier alpha value is -2.06. The van der Waals surface area contributed by atoms with Crippen LogP contribution in [-0.2, 0) is 9.47 Å². The normalized spacial score (nSPS) is 17.5. The summed E-state index contributed by atoms with van der Waals surface area (Å²) in [4.78, 5) is 15.8. The number of ether oxygens (including phenoxy) is 2. The molecule has 140 valence electrons. The molecule has 0 bridgehead atoms. The standard InChI is InChI=1S/C17H28N4O4/c1-18-17(20-6-3-9-23-12-14-5-11-24-13-14)21-8-7-19-16(22)15-4-2-10-25-15/h2,4,10,14H,3,5-9,11-13H2,1H3,(H,19,22)(H2,18,20,21). The molecule has 1 aromatic rings. The van der Waals surface area contributed by atoms with Gasteiger partial charge in [-0.1, -0.05) is 0 Å². The van der Waals surface area contributed by atoms with Crippen molar-refractivity contribution in [2.24, 2.45) is 10.9 Å². The van der Waals surface area contributed by atoms with Gasteiger partial charge in [0.2, 0.25) is 0 Å². The first-order chi connectivity index (χ1) is 12.3. The average Bonchev–Trinajstić information content (AvgIpc) is 3.33. The molecule has 0 radical (unpaired) electrons. The minimum absolute atomic E-state index is 0.223. The fraction of sp³-hybridized carbons (Fsp3) is 0.647. The average molecular weight is 352 g/mol. The van der Waals surface area contributed by atoms with Crippen LogP contribution in [0.3, 0.4) is 0 Å². The molecule has 0 aliphatic carbocycles. The van der Waals surface area contributed by atoms with Crippen molar-refractivity contribution >= 4 is 11.9 Å². The molecule has 8 nitrogen and oxygen atoms in total. The van der Waals surface area contributed by atoms with E-state index in [1.165, 1.54) is 6.26 Å². The van der Waals surface area contributed by atoms with Crippen molar-refractivity contribution in [1.29, 1.82) is 0 Å². The topological polar surface area (TPSA) is 97.1 Å². The van der Waals surface area contributed by atoms with Crippen LogP contribution in [0.4, 0.5) is 0 Å². The number of hydrogen-bond donors (Lipinski definition) is 3. The predicted molar refractivity (Wildman–Crippen MR) is 94.8 cm³/mol. The van der Waals surface area contributed by atoms with Crippen LogP contribution in [0, 0.1) is 5.92 Å². The fourth-order valence-electron chi connectivity index (χ4n) is 2.42. The first-order valence-corrected chi connectivity index (χ1v) is 8.71. The molecule has 0 aromatic carbocycles. The van der Waals surface area contributed by atoms with Gasteiger partial charge in [0.25, 0.3) is 5.91 Å². The summed E-state index contributed by atoms with van der Waals surface area (Å²) in [7, 11) is 1.72. The third-order valence-corrected chi connectivity index (χ3v) is 3.81. The predicted octanol–water partition coefficient (Wildman–Crippen LogP) is 0.618. The summed E-state index contributed by atoms with van der Waals surface area (Å²) in [6, 6.07) is 3.31. The number of amides is 1. The number of rotatable bonds is 10. The monoisotopic (exact) mass is 352 g/mol. The summed E-state index contributed by atoms with van der Waals surface area (Å²) in [6.45, 7) is 5.02. The van der Waals surface area contributed by atoms with Crippen molar-refractivity contribution in [2.45, 2.75) is 12.8 Å². The minimum atomic E-state index is -0.223. The highest BCUT2D eigenvalue weighted by atomic mass is 16.5. The van der Waals surface area contributed by atoms with Gasteiger partial charge in [0, 0.05) is 45.8 Å². The summed E-state index contributed by atoms with van der Waals surface area (Å²) >= 11 is 0. The van der Waals surface area contributed by atoms with Gasteiger partial charge in [0.15, 0.2) is 11.7 Å². The van der Waals surface area contributed by atoms with Crippen molar-refractivity contribution in [3.8, 4) is 0 Å². The first-order valence-electron chi connectivity index (χ1n) is 8.71. The summed E-state index contributed by atoms with van der Waals surface area (Å²) < 4.78 is 16.0. The van der Waals surface area contributed by atoms with E-state index in [0.717, 1.165) is 45.8 Å². The first kappa shape index (κ1) is 19.3. The van der Waals surface area contributed by atoms with Gasteiger partial charge < -0.3 is 29.8 Å². The smallest absolute Gasteiger partial charge is 0.287 e. The van der Waals surface area contributed by atoms with Gasteiger partial charge in [-0.2, -0.15) is 0 Å². The number of hydrogen-bond acceptors (Lipinski definition) is 5. The molecule has 0 spiro atoms. The van der Waals surface area contributed by atoms with Gasteiger partial charge in [-0.3, -0.25) is 9.79 Å². The molecule has 8 heteroatoms. The Labute approximate surface area is 148 Å². The second-order valence-electron chi connectivity index (χ2n) is 5.82. The SMILES string of the molecule is CN=C(NCCCOCC1CCOC1)NCCNC(=O)c1ccco1. The Morgan fingerprint density at radius 1 is 1.32 bits per heavy atom. The molecule has 1 amide bonds. The van der Waals surface area contributed by atoms with E-state index in [-0.39, 0.29) is 5.91 Å². The number of nitrogens with one attached hydrogen (secondary N) is 3. The molecular weight excluding hydrogens is 324 g/mol. The number of aliphatic imine (C=N–C) groups is 1. The quantitative estimate of drug-likeness (QED) is 0.324. The van der Waals surface area contributed by atoms with E-state index in [9.17, 15) is 4.79 Å². The van der Waals surface area contributed by atoms with Crippen LogP contribution < -0.4 is 16.0 Å². The summed E-state index contributed by atoms with van der Waals surface area (Å²) in [6.07, 6.45) is 3.49. The molecule has 2 rings (SSSR count). The molecule has 1 fully saturated rings. The Morgan fingerprint density at radius 2 is 2.16 bits per heavy atom. The van der Waals surface area contributed by atoms with Gasteiger partial charge in [-0.05, 0) is 25.0 Å². The lowest BCUT2D eigenvalue weighted by Crippen LogP contribution is -2.42. The molecule has 1 aliphatic heterocycles. The third kappa shape index (κ3) is 7.57. The minimum Gasteiger partial charge on any atom is -0.459 e. The maximum absolute atomic E-state index is 11.7. The lowest BCUT2D eigenvalue weighted by atomic mass is 10.1. The highest BCUT2D eigenvalue weighted by Gasteiger charge is 2.15. The lowest BCUT2D eigenvalue weighted by molar-refractivity contribution is 0.0887. The number of nitrogens with zero attached hydrogens (tertiary/aromatic N) is 1. The molecule has 25 heavy (non-hydrogen) atoms. The Balaban J connectivity index is 1.45. The van der Waals surface area contributed by atoms with Crippen molar-refractivity contribution in [1.82, 2.24) is 16.0 Å². The van der Waals surface area contributed by atoms with Crippen LogP contribution in [0.2, 0.25) is 0 Å². The summed E-state index contributed by atoms with van der Waals surface area (Å²) in [5.74, 6) is 1.35. The maximum atomic E-state index is 11.7. The molecule has 2 heterocycles. The molecule has 1 atom stereocenters. The third-order valence-electron chi connectivity index (χ3n) is 3.81. The molecule has 1 unspecified atom stereocenters. The van der Waals surface area contributed by atoms with Crippen molar-refractivity contribution < 1.29 is 18.7 Å². The largest absolute Gasteiger partial charge is 0.459 e. The summed E-state index contributed by atoms with van der Waals surface area (Å²) in [5.41, 5.74) is 0. The zero-order valence-corrected chi connectivity index (χ0v) is 14.8. The summed E-state index contributed by atoms with van der Waals surface area (Å²) in [5, 5.41) is 9.13. The maximum Gasteiger partial charge on any atom is 0.287 e. The number of carbonyl (C=O) groups is 1. The highest BCUT2D eigenvalue weighted by Crippen LogP contribution is 2.12. The van der Waals surface area contributed by atoms with Crippen LogP contribution in [0.15, 0.2) is 27.8 Å². The van der Waals surface area contributed by atoms with E-state index < -0.39 is 0 Å². The molecule has 1 aliphatic rings. The molecular formula is C17H28N4O4. The van der Waals surface area contributed by atoms with E-state index in [1.807, 2.05) is 0 Å². The van der Waals surface area contributed by atoms with Gasteiger partial charge >= 0.3 is 0 Å². The molecule has 1 aromatic heterocycles. The molecule has 0 saturated carbocycles. The van der Waals surface area contributed by atoms with Gasteiger partial charge in [0.1, 0.15) is 0 Å². The fourth-order valence-corrected chi connectivity index (χ4v) is 2.42. The van der Waals surface area contributed by atoms with E-state index in [4.69, 9.17) is 13.9 Å². The lowest BCUT2D eigenvalue weighted by Gasteiger charge is -2.13. The van der Waals surface area contributed by atoms with Crippen LogP contribution in [0.25, 0.3) is 0 Å². The zero-order valence-electron chi connectivity index (χ0n) is 14.8. The van der Waals surface area contributed by atoms with Gasteiger partial charge in [-0.15, -0.1) is 0 Å². The number of carbonyl (C=O) groups excluding carboxylic acids is 1. The van der Waals surface area contributed by atoms with Crippen LogP contribution in [0.5, 0.6) is 0 Å². The second kappa shape index (κ2) is 11.5. The van der Waals surface area contributed by atoms with Crippen LogP contribution in [-0.4, -0.2) is 65.0 Å². The number of guanidine groups is 1. The Morgan fingerprint density at radius 3 is 2.88 bits per heavy atom. The zero-order chi connectivity index (χ0) is 17.7. The van der Waals surface area contributed by atoms with Gasteiger partial charge in [0.05, 0.1) is 19.5 Å². The second-order valence-corrected chi connectivity index (χ2v) is 5.82. The highest BCUT2D eigenvalue weighted by molar-refractivity contribution is 5.91. The Bertz CT molecular complexity index is 513. The van der Waals surface area contributed by atoms with E-state index in [1.54, 1.807) is 19.2 Å². The van der Waals surface area contributed by atoms with Gasteiger partial charge in [-0.25, -0.2) is 0 Å². The van der Waals surface area contributed by atoms with Crippen molar-refractivity contribution in [3.63, 3.8) is 0 Å². The van der Waals surface area contributed by atoms with Crippen LogP contribution >= 0.6 is 0 Å².